The molecule has 4 nitrogen and oxygen atoms in total. The van der Waals surface area contributed by atoms with E-state index in [1.165, 1.54) is 17.0 Å². The standard InChI is InChI=1S/C15H13FN4S2/c1-10-2-7-13(22-10)9-17-20-14(18-19-15(20)21)8-11-3-5-12(16)6-4-11/h2-7,9H,8H2,1H3,(H,19,21)/b17-9-. The van der Waals surface area contributed by atoms with Crippen molar-refractivity contribution < 1.29 is 4.39 Å². The van der Waals surface area contributed by atoms with Gasteiger partial charge in [0.1, 0.15) is 5.82 Å². The summed E-state index contributed by atoms with van der Waals surface area (Å²) in [7, 11) is 0. The summed E-state index contributed by atoms with van der Waals surface area (Å²) in [6, 6.07) is 10.4. The number of aryl methyl sites for hydroxylation is 1. The molecule has 112 valence electrons. The lowest BCUT2D eigenvalue weighted by atomic mass is 10.1. The van der Waals surface area contributed by atoms with Crippen molar-refractivity contribution in [3.8, 4) is 0 Å². The van der Waals surface area contributed by atoms with Crippen molar-refractivity contribution in [1.29, 1.82) is 0 Å². The summed E-state index contributed by atoms with van der Waals surface area (Å²) in [4.78, 5) is 2.28. The molecule has 1 N–H and O–H groups in total. The van der Waals surface area contributed by atoms with Gasteiger partial charge in [-0.1, -0.05) is 12.1 Å². The third-order valence-corrected chi connectivity index (χ3v) is 4.25. The van der Waals surface area contributed by atoms with Crippen molar-refractivity contribution in [2.45, 2.75) is 13.3 Å². The first-order chi connectivity index (χ1) is 10.6. The van der Waals surface area contributed by atoms with Crippen molar-refractivity contribution >= 4 is 29.8 Å². The van der Waals surface area contributed by atoms with Crippen LogP contribution in [0.5, 0.6) is 0 Å². The molecule has 0 aliphatic heterocycles. The van der Waals surface area contributed by atoms with Crippen LogP contribution in [0.1, 0.15) is 21.1 Å². The Hall–Kier alpha value is -2.12. The van der Waals surface area contributed by atoms with Crippen molar-refractivity contribution in [2.75, 3.05) is 0 Å². The molecule has 0 aliphatic rings. The van der Waals surface area contributed by atoms with Gasteiger partial charge in [-0.15, -0.1) is 11.3 Å². The number of hydrogen-bond donors (Lipinski definition) is 1. The summed E-state index contributed by atoms with van der Waals surface area (Å²) >= 11 is 6.86. The molecule has 0 unspecified atom stereocenters. The number of hydrogen-bond acceptors (Lipinski definition) is 4. The maximum atomic E-state index is 13.0. The summed E-state index contributed by atoms with van der Waals surface area (Å²) in [5, 5.41) is 11.3. The maximum absolute atomic E-state index is 13.0. The zero-order chi connectivity index (χ0) is 15.5. The fourth-order valence-corrected chi connectivity index (χ4v) is 2.92. The van der Waals surface area contributed by atoms with Crippen LogP contribution >= 0.6 is 23.6 Å². The summed E-state index contributed by atoms with van der Waals surface area (Å²) in [5.74, 6) is 0.426. The van der Waals surface area contributed by atoms with Crippen LogP contribution in [0.3, 0.4) is 0 Å². The summed E-state index contributed by atoms with van der Waals surface area (Å²) in [6.45, 7) is 2.05. The lowest BCUT2D eigenvalue weighted by Crippen LogP contribution is -2.00. The topological polar surface area (TPSA) is 46.0 Å². The van der Waals surface area contributed by atoms with Crippen LogP contribution < -0.4 is 0 Å². The molecule has 0 saturated carbocycles. The van der Waals surface area contributed by atoms with Gasteiger partial charge in [0.2, 0.25) is 4.77 Å². The van der Waals surface area contributed by atoms with Crippen molar-refractivity contribution in [1.82, 2.24) is 14.9 Å². The number of halogens is 1. The van der Waals surface area contributed by atoms with Gasteiger partial charge in [0.25, 0.3) is 0 Å². The Kier molecular flexibility index (Phi) is 4.26. The first-order valence-electron chi connectivity index (χ1n) is 6.63. The van der Waals surface area contributed by atoms with Gasteiger partial charge in [-0.2, -0.15) is 14.9 Å². The molecule has 3 aromatic rings. The zero-order valence-corrected chi connectivity index (χ0v) is 13.4. The van der Waals surface area contributed by atoms with E-state index in [2.05, 4.69) is 15.3 Å². The highest BCUT2D eigenvalue weighted by molar-refractivity contribution is 7.71. The normalized spacial score (nSPS) is 11.4. The van der Waals surface area contributed by atoms with Crippen LogP contribution in [0.4, 0.5) is 4.39 Å². The number of aromatic amines is 1. The zero-order valence-electron chi connectivity index (χ0n) is 11.8. The summed E-state index contributed by atoms with van der Waals surface area (Å²) < 4.78 is 15.0. The van der Waals surface area contributed by atoms with E-state index in [9.17, 15) is 4.39 Å². The third-order valence-electron chi connectivity index (χ3n) is 3.05. The van der Waals surface area contributed by atoms with Crippen LogP contribution in [-0.4, -0.2) is 21.1 Å². The van der Waals surface area contributed by atoms with Crippen LogP contribution in [0, 0.1) is 17.5 Å². The second-order valence-corrected chi connectivity index (χ2v) is 6.46. The van der Waals surface area contributed by atoms with Gasteiger partial charge >= 0.3 is 0 Å². The number of benzene rings is 1. The van der Waals surface area contributed by atoms with E-state index in [0.29, 0.717) is 17.0 Å². The average molecular weight is 332 g/mol. The molecule has 22 heavy (non-hydrogen) atoms. The van der Waals surface area contributed by atoms with E-state index < -0.39 is 0 Å². The number of thiophene rings is 1. The quantitative estimate of drug-likeness (QED) is 0.581. The van der Waals surface area contributed by atoms with E-state index in [0.717, 1.165) is 10.4 Å². The minimum atomic E-state index is -0.256. The van der Waals surface area contributed by atoms with Gasteiger partial charge in [-0.05, 0) is 49.0 Å². The van der Waals surface area contributed by atoms with Crippen molar-refractivity contribution in [3.63, 3.8) is 0 Å². The molecule has 0 radical (unpaired) electrons. The van der Waals surface area contributed by atoms with Gasteiger partial charge in [0.15, 0.2) is 5.82 Å². The molecule has 1 aromatic carbocycles. The lowest BCUT2D eigenvalue weighted by molar-refractivity contribution is 0.627. The molecule has 0 amide bonds. The number of nitrogens with zero attached hydrogens (tertiary/aromatic N) is 3. The Bertz CT molecular complexity index is 858. The van der Waals surface area contributed by atoms with Crippen LogP contribution in [0.2, 0.25) is 0 Å². The summed E-state index contributed by atoms with van der Waals surface area (Å²) in [6.07, 6.45) is 2.28. The molecule has 0 atom stereocenters. The largest absolute Gasteiger partial charge is 0.250 e. The van der Waals surface area contributed by atoms with Gasteiger partial charge in [0, 0.05) is 16.2 Å². The molecule has 0 bridgehead atoms. The van der Waals surface area contributed by atoms with Gasteiger partial charge in [-0.3, -0.25) is 5.10 Å². The molecule has 2 aromatic heterocycles. The van der Waals surface area contributed by atoms with Gasteiger partial charge in [-0.25, -0.2) is 4.39 Å². The highest BCUT2D eigenvalue weighted by Gasteiger charge is 2.06. The molecule has 7 heteroatoms. The Morgan fingerprint density at radius 2 is 2.09 bits per heavy atom. The number of aromatic nitrogens is 3. The molecule has 0 fully saturated rings. The van der Waals surface area contributed by atoms with E-state index in [4.69, 9.17) is 12.2 Å². The molecule has 0 spiro atoms. The number of H-pyrrole nitrogens is 1. The fraction of sp³-hybridized carbons (Fsp3) is 0.133. The Labute approximate surface area is 135 Å². The Morgan fingerprint density at radius 3 is 2.77 bits per heavy atom. The average Bonchev–Trinajstić information content (AvgIpc) is 3.06. The second-order valence-electron chi connectivity index (χ2n) is 4.75. The SMILES string of the molecule is Cc1ccc(/C=N\n2c(Cc3ccc(F)cc3)n[nH]c2=S)s1. The fourth-order valence-electron chi connectivity index (χ4n) is 1.98. The van der Waals surface area contributed by atoms with Crippen LogP contribution in [0.25, 0.3) is 0 Å². The second kappa shape index (κ2) is 6.33. The minimum Gasteiger partial charge on any atom is -0.250 e. The first-order valence-corrected chi connectivity index (χ1v) is 7.86. The van der Waals surface area contributed by atoms with E-state index in [1.807, 2.05) is 19.1 Å². The number of nitrogens with one attached hydrogen (secondary N) is 1. The lowest BCUT2D eigenvalue weighted by Gasteiger charge is -2.01. The predicted molar refractivity (Wildman–Crippen MR) is 88.7 cm³/mol. The third kappa shape index (κ3) is 3.37. The highest BCUT2D eigenvalue weighted by atomic mass is 32.1. The van der Waals surface area contributed by atoms with Crippen LogP contribution in [-0.2, 0) is 6.42 Å². The monoisotopic (exact) mass is 332 g/mol. The minimum absolute atomic E-state index is 0.256. The smallest absolute Gasteiger partial charge is 0.216 e. The van der Waals surface area contributed by atoms with Crippen molar-refractivity contribution in [2.24, 2.45) is 5.10 Å². The molecular weight excluding hydrogens is 319 g/mol. The maximum Gasteiger partial charge on any atom is 0.216 e. The first kappa shape index (κ1) is 14.8. The Morgan fingerprint density at radius 1 is 1.32 bits per heavy atom. The van der Waals surface area contributed by atoms with Crippen molar-refractivity contribution in [3.05, 3.63) is 68.1 Å². The number of rotatable bonds is 4. The highest BCUT2D eigenvalue weighted by Crippen LogP contribution is 2.13. The van der Waals surface area contributed by atoms with E-state index in [1.54, 1.807) is 34.4 Å². The van der Waals surface area contributed by atoms with E-state index >= 15 is 0 Å². The van der Waals surface area contributed by atoms with Gasteiger partial charge < -0.3 is 0 Å². The van der Waals surface area contributed by atoms with E-state index in [-0.39, 0.29) is 5.82 Å². The molecular formula is C15H13FN4S2. The van der Waals surface area contributed by atoms with Gasteiger partial charge in [0.05, 0.1) is 6.21 Å². The molecule has 2 heterocycles. The molecule has 0 saturated heterocycles. The van der Waals surface area contributed by atoms with Crippen LogP contribution in [0.15, 0.2) is 41.5 Å². The predicted octanol–water partition coefficient (Wildman–Crippen LogP) is 3.92. The summed E-state index contributed by atoms with van der Waals surface area (Å²) in [5.41, 5.74) is 0.943. The molecule has 0 aliphatic carbocycles. The molecule has 3 rings (SSSR count). The Balaban J connectivity index is 1.86.